The third-order valence-corrected chi connectivity index (χ3v) is 5.14. The first-order valence-corrected chi connectivity index (χ1v) is 9.21. The Morgan fingerprint density at radius 3 is 2.60 bits per heavy atom. The van der Waals surface area contributed by atoms with Crippen LogP contribution in [-0.2, 0) is 16.3 Å². The third-order valence-electron chi connectivity index (χ3n) is 3.42. The van der Waals surface area contributed by atoms with Crippen LogP contribution in [0.2, 0.25) is 0 Å². The van der Waals surface area contributed by atoms with Crippen LogP contribution in [0.4, 0.5) is 10.1 Å². The molecule has 2 rings (SSSR count). The van der Waals surface area contributed by atoms with E-state index in [0.29, 0.717) is 0 Å². The van der Waals surface area contributed by atoms with Crippen molar-refractivity contribution in [3.63, 3.8) is 0 Å². The standard InChI is InChI=1S/C17H20FN3O2S.HI/c1-2-13-6-5-7-14(12-13)21-17(19)20-10-11-24(22,23)16-9-4-3-8-15(16)18;/h3-9,12H,2,10-11H2,1H3,(H3,19,20,21);1H. The molecule has 0 saturated heterocycles. The Morgan fingerprint density at radius 2 is 1.92 bits per heavy atom. The van der Waals surface area contributed by atoms with Gasteiger partial charge in [-0.1, -0.05) is 31.2 Å². The molecular formula is C17H21FIN3O2S. The monoisotopic (exact) mass is 477 g/mol. The highest BCUT2D eigenvalue weighted by molar-refractivity contribution is 14.0. The van der Waals surface area contributed by atoms with E-state index in [4.69, 9.17) is 5.73 Å². The summed E-state index contributed by atoms with van der Waals surface area (Å²) in [5.41, 5.74) is 7.70. The Balaban J connectivity index is 0.00000312. The van der Waals surface area contributed by atoms with E-state index in [9.17, 15) is 12.8 Å². The van der Waals surface area contributed by atoms with Gasteiger partial charge in [-0.25, -0.2) is 12.8 Å². The van der Waals surface area contributed by atoms with E-state index in [0.717, 1.165) is 23.7 Å². The molecule has 0 unspecified atom stereocenters. The van der Waals surface area contributed by atoms with Crippen LogP contribution in [0, 0.1) is 5.82 Å². The molecule has 0 aliphatic heterocycles. The summed E-state index contributed by atoms with van der Waals surface area (Å²) in [6.07, 6.45) is 0.896. The highest BCUT2D eigenvalue weighted by atomic mass is 127. The molecule has 0 amide bonds. The molecule has 0 aliphatic rings. The average Bonchev–Trinajstić information content (AvgIpc) is 2.55. The van der Waals surface area contributed by atoms with Crippen molar-refractivity contribution in [3.05, 3.63) is 59.9 Å². The maximum atomic E-state index is 13.6. The fraction of sp³-hybridized carbons (Fsp3) is 0.235. The number of hydrogen-bond donors (Lipinski definition) is 2. The van der Waals surface area contributed by atoms with Crippen molar-refractivity contribution < 1.29 is 12.8 Å². The maximum absolute atomic E-state index is 13.6. The molecular weight excluding hydrogens is 456 g/mol. The smallest absolute Gasteiger partial charge is 0.193 e. The molecule has 0 bridgehead atoms. The quantitative estimate of drug-likeness (QED) is 0.380. The van der Waals surface area contributed by atoms with Gasteiger partial charge in [-0.3, -0.25) is 4.99 Å². The van der Waals surface area contributed by atoms with Crippen LogP contribution in [0.5, 0.6) is 0 Å². The van der Waals surface area contributed by atoms with Gasteiger partial charge in [0.2, 0.25) is 0 Å². The number of hydrogen-bond acceptors (Lipinski definition) is 3. The molecule has 0 heterocycles. The first-order valence-electron chi connectivity index (χ1n) is 7.55. The molecule has 0 aliphatic carbocycles. The number of nitrogens with one attached hydrogen (secondary N) is 1. The highest BCUT2D eigenvalue weighted by Gasteiger charge is 2.18. The second-order valence-corrected chi connectivity index (χ2v) is 7.27. The summed E-state index contributed by atoms with van der Waals surface area (Å²) < 4.78 is 37.8. The lowest BCUT2D eigenvalue weighted by Crippen LogP contribution is -2.24. The lowest BCUT2D eigenvalue weighted by atomic mass is 10.1. The first-order chi connectivity index (χ1) is 11.4. The fourth-order valence-corrected chi connectivity index (χ4v) is 3.35. The van der Waals surface area contributed by atoms with E-state index in [-0.39, 0.29) is 47.1 Å². The molecule has 2 aromatic rings. The van der Waals surface area contributed by atoms with Gasteiger partial charge in [-0.05, 0) is 36.2 Å². The van der Waals surface area contributed by atoms with Gasteiger partial charge >= 0.3 is 0 Å². The number of sulfone groups is 1. The molecule has 0 atom stereocenters. The van der Waals surface area contributed by atoms with Crippen molar-refractivity contribution in [2.75, 3.05) is 17.6 Å². The van der Waals surface area contributed by atoms with E-state index in [1.807, 2.05) is 31.2 Å². The van der Waals surface area contributed by atoms with Gasteiger partial charge in [-0.2, -0.15) is 0 Å². The van der Waals surface area contributed by atoms with Gasteiger partial charge in [0, 0.05) is 5.69 Å². The van der Waals surface area contributed by atoms with Crippen molar-refractivity contribution in [1.29, 1.82) is 0 Å². The molecule has 0 fully saturated rings. The largest absolute Gasteiger partial charge is 0.370 e. The summed E-state index contributed by atoms with van der Waals surface area (Å²) in [6, 6.07) is 13.0. The van der Waals surface area contributed by atoms with Crippen LogP contribution >= 0.6 is 24.0 Å². The van der Waals surface area contributed by atoms with E-state index in [2.05, 4.69) is 10.3 Å². The van der Waals surface area contributed by atoms with Crippen LogP contribution in [0.1, 0.15) is 12.5 Å². The van der Waals surface area contributed by atoms with Crippen LogP contribution in [0.15, 0.2) is 58.4 Å². The Bertz CT molecular complexity index is 841. The molecule has 136 valence electrons. The van der Waals surface area contributed by atoms with Gasteiger partial charge in [0.05, 0.1) is 12.3 Å². The summed E-state index contributed by atoms with van der Waals surface area (Å²) in [5, 5.41) is 2.91. The van der Waals surface area contributed by atoms with Gasteiger partial charge in [-0.15, -0.1) is 24.0 Å². The van der Waals surface area contributed by atoms with E-state index in [1.165, 1.54) is 18.2 Å². The van der Waals surface area contributed by atoms with Crippen molar-refractivity contribution in [3.8, 4) is 0 Å². The first kappa shape index (κ1) is 21.4. The molecule has 2 aromatic carbocycles. The summed E-state index contributed by atoms with van der Waals surface area (Å²) in [7, 11) is -3.74. The zero-order chi connectivity index (χ0) is 17.6. The van der Waals surface area contributed by atoms with Crippen LogP contribution in [0.25, 0.3) is 0 Å². The van der Waals surface area contributed by atoms with Crippen LogP contribution in [-0.4, -0.2) is 26.7 Å². The second kappa shape index (κ2) is 9.71. The Kier molecular flexibility index (Phi) is 8.30. The third kappa shape index (κ3) is 6.28. The molecule has 0 aromatic heterocycles. The van der Waals surface area contributed by atoms with E-state index < -0.39 is 15.7 Å². The molecule has 0 radical (unpaired) electrons. The predicted octanol–water partition coefficient (Wildman–Crippen LogP) is 3.21. The summed E-state index contributed by atoms with van der Waals surface area (Å²) >= 11 is 0. The Hall–Kier alpha value is -1.68. The lowest BCUT2D eigenvalue weighted by Gasteiger charge is -2.07. The lowest BCUT2D eigenvalue weighted by molar-refractivity contribution is 0.567. The van der Waals surface area contributed by atoms with Crippen LogP contribution in [0.3, 0.4) is 0 Å². The molecule has 0 spiro atoms. The zero-order valence-corrected chi connectivity index (χ0v) is 16.9. The zero-order valence-electron chi connectivity index (χ0n) is 13.8. The Labute approximate surface area is 164 Å². The minimum atomic E-state index is -3.74. The Morgan fingerprint density at radius 1 is 1.20 bits per heavy atom. The SMILES string of the molecule is CCc1cccc(NC(N)=NCCS(=O)(=O)c2ccccc2F)c1.I. The molecule has 5 nitrogen and oxygen atoms in total. The maximum Gasteiger partial charge on any atom is 0.193 e. The van der Waals surface area contributed by atoms with Gasteiger partial charge in [0.15, 0.2) is 15.8 Å². The summed E-state index contributed by atoms with van der Waals surface area (Å²) in [5.74, 6) is -0.957. The number of nitrogens with zero attached hydrogens (tertiary/aromatic N) is 1. The average molecular weight is 477 g/mol. The summed E-state index contributed by atoms with van der Waals surface area (Å²) in [4.78, 5) is 3.68. The molecule has 8 heteroatoms. The fourth-order valence-electron chi connectivity index (χ4n) is 2.15. The van der Waals surface area contributed by atoms with Gasteiger partial charge in [0.1, 0.15) is 10.7 Å². The number of halogens is 2. The van der Waals surface area contributed by atoms with Crippen molar-refractivity contribution in [2.24, 2.45) is 10.7 Å². The number of anilines is 1. The number of nitrogens with two attached hydrogens (primary N) is 1. The normalized spacial score (nSPS) is 11.7. The van der Waals surface area contributed by atoms with Crippen molar-refractivity contribution in [1.82, 2.24) is 0 Å². The number of rotatable bonds is 6. The number of aryl methyl sites for hydroxylation is 1. The molecule has 3 N–H and O–H groups in total. The second-order valence-electron chi connectivity index (χ2n) is 5.20. The van der Waals surface area contributed by atoms with Crippen LogP contribution < -0.4 is 11.1 Å². The highest BCUT2D eigenvalue weighted by Crippen LogP contribution is 2.15. The van der Waals surface area contributed by atoms with Crippen molar-refractivity contribution in [2.45, 2.75) is 18.2 Å². The van der Waals surface area contributed by atoms with Gasteiger partial charge < -0.3 is 11.1 Å². The minimum Gasteiger partial charge on any atom is -0.370 e. The number of guanidine groups is 1. The number of benzene rings is 2. The number of aliphatic imine (C=N–C) groups is 1. The van der Waals surface area contributed by atoms with Gasteiger partial charge in [0.25, 0.3) is 0 Å². The molecule has 25 heavy (non-hydrogen) atoms. The minimum absolute atomic E-state index is 0. The predicted molar refractivity (Wildman–Crippen MR) is 110 cm³/mol. The van der Waals surface area contributed by atoms with E-state index >= 15 is 0 Å². The topological polar surface area (TPSA) is 84.5 Å². The van der Waals surface area contributed by atoms with Crippen molar-refractivity contribution >= 4 is 45.5 Å². The van der Waals surface area contributed by atoms with E-state index in [1.54, 1.807) is 0 Å². The molecule has 0 saturated carbocycles. The summed E-state index contributed by atoms with van der Waals surface area (Å²) in [6.45, 7) is 1.99.